The van der Waals surface area contributed by atoms with Crippen LogP contribution in [-0.4, -0.2) is 45.8 Å². The van der Waals surface area contributed by atoms with Crippen LogP contribution in [0.1, 0.15) is 100 Å². The summed E-state index contributed by atoms with van der Waals surface area (Å²) < 4.78 is 7.00. The molecule has 7 nitrogen and oxygen atoms in total. The van der Waals surface area contributed by atoms with Gasteiger partial charge in [-0.25, -0.2) is 4.98 Å². The molecule has 7 heteroatoms. The Labute approximate surface area is 227 Å². The summed E-state index contributed by atoms with van der Waals surface area (Å²) in [6, 6.07) is 9.55. The number of carbonyl (C=O) groups excluding carboxylic acids is 2. The number of nitrogens with zero attached hydrogens (tertiary/aromatic N) is 3. The maximum atomic E-state index is 13.1. The first-order chi connectivity index (χ1) is 18.4. The lowest BCUT2D eigenvalue weighted by molar-refractivity contribution is -0.116. The molecule has 0 bridgehead atoms. The highest BCUT2D eigenvalue weighted by atomic mass is 16.5. The number of pyridine rings is 2. The van der Waals surface area contributed by atoms with Crippen LogP contribution in [0, 0.1) is 0 Å². The predicted octanol–water partition coefficient (Wildman–Crippen LogP) is 6.09. The lowest BCUT2D eigenvalue weighted by atomic mass is 9.70. The Morgan fingerprint density at radius 1 is 1.08 bits per heavy atom. The van der Waals surface area contributed by atoms with Gasteiger partial charge >= 0.3 is 0 Å². The number of Topliss-reactive ketones (excluding diaryl/α,β-unsaturated/α-hetero) is 1. The van der Waals surface area contributed by atoms with Crippen LogP contribution >= 0.6 is 0 Å². The third kappa shape index (κ3) is 7.97. The van der Waals surface area contributed by atoms with E-state index in [1.807, 2.05) is 24.4 Å². The van der Waals surface area contributed by atoms with Crippen LogP contribution in [0.4, 0.5) is 0 Å². The minimum atomic E-state index is -0.129. The summed E-state index contributed by atoms with van der Waals surface area (Å²) in [6.45, 7) is 6.52. The Bertz CT molecular complexity index is 1150. The second-order valence-electron chi connectivity index (χ2n) is 10.5. The summed E-state index contributed by atoms with van der Waals surface area (Å²) in [5, 5.41) is 3.17. The fraction of sp³-hybridized carbons (Fsp3) is 0.548. The average Bonchev–Trinajstić information content (AvgIpc) is 3.35. The first-order valence-electron chi connectivity index (χ1n) is 14.1. The molecule has 0 aliphatic heterocycles. The number of hydrogen-bond acceptors (Lipinski definition) is 5. The quantitative estimate of drug-likeness (QED) is 0.330. The Hall–Kier alpha value is -3.06. The zero-order valence-corrected chi connectivity index (χ0v) is 23.5. The van der Waals surface area contributed by atoms with Crippen LogP contribution in [0.3, 0.4) is 0 Å². The van der Waals surface area contributed by atoms with Crippen molar-refractivity contribution in [2.75, 3.05) is 13.7 Å². The molecule has 1 saturated carbocycles. The number of methoxy groups -OCH3 is 1. The van der Waals surface area contributed by atoms with E-state index in [4.69, 9.17) is 4.74 Å². The van der Waals surface area contributed by atoms with E-state index in [0.29, 0.717) is 29.7 Å². The molecule has 1 aliphatic rings. The summed E-state index contributed by atoms with van der Waals surface area (Å²) in [6.07, 6.45) is 16.9. The fourth-order valence-electron chi connectivity index (χ4n) is 5.42. The van der Waals surface area contributed by atoms with Gasteiger partial charge in [0.1, 0.15) is 17.1 Å². The zero-order chi connectivity index (χ0) is 27.4. The van der Waals surface area contributed by atoms with Gasteiger partial charge in [0, 0.05) is 44.1 Å². The smallest absolute Gasteiger partial charge is 0.268 e. The molecule has 3 aromatic rings. The van der Waals surface area contributed by atoms with Crippen molar-refractivity contribution in [3.8, 4) is 0 Å². The van der Waals surface area contributed by atoms with E-state index in [-0.39, 0.29) is 23.5 Å². The van der Waals surface area contributed by atoms with Crippen molar-refractivity contribution >= 4 is 17.3 Å². The molecule has 3 aromatic heterocycles. The van der Waals surface area contributed by atoms with Gasteiger partial charge in [0.15, 0.2) is 0 Å². The lowest BCUT2D eigenvalue weighted by Gasteiger charge is -2.37. The summed E-state index contributed by atoms with van der Waals surface area (Å²) in [5.41, 5.74) is 3.02. The van der Waals surface area contributed by atoms with Gasteiger partial charge in [-0.3, -0.25) is 19.0 Å². The summed E-state index contributed by atoms with van der Waals surface area (Å²) in [4.78, 5) is 33.3. The molecule has 1 amide bonds. The number of nitrogens with one attached hydrogen (secondary N) is 1. The third-order valence-corrected chi connectivity index (χ3v) is 7.43. The molecule has 0 radical (unpaired) electrons. The first-order valence-corrected chi connectivity index (χ1v) is 14.1. The number of imidazole rings is 1. The Morgan fingerprint density at radius 2 is 1.82 bits per heavy atom. The highest BCUT2D eigenvalue weighted by Gasteiger charge is 2.34. The van der Waals surface area contributed by atoms with Crippen molar-refractivity contribution in [2.24, 2.45) is 0 Å². The standard InChI is InChI=1S/C23H26N4O2.C8H18O/c1-17(28)13-19-15-27-20(8-5-9-21(27)26-19)22(29)25-16-23(10-3-2-4-11-23)18-7-6-12-24-14-18;1-4-6-8(9-3)7-5-2/h5-9,12,14-15H,2-4,10-11,13,16H2,1H3,(H,25,29);8H,4-7H2,1-3H3. The summed E-state index contributed by atoms with van der Waals surface area (Å²) in [5.74, 6) is -0.0775. The van der Waals surface area contributed by atoms with Crippen molar-refractivity contribution < 1.29 is 14.3 Å². The third-order valence-electron chi connectivity index (χ3n) is 7.43. The maximum Gasteiger partial charge on any atom is 0.268 e. The van der Waals surface area contributed by atoms with E-state index in [0.717, 1.165) is 25.7 Å². The van der Waals surface area contributed by atoms with Gasteiger partial charge in [0.05, 0.1) is 11.8 Å². The number of hydrogen-bond donors (Lipinski definition) is 1. The average molecular weight is 521 g/mol. The minimum absolute atomic E-state index is 0.0510. The van der Waals surface area contributed by atoms with Gasteiger partial charge in [-0.15, -0.1) is 0 Å². The van der Waals surface area contributed by atoms with Gasteiger partial charge in [-0.1, -0.05) is 58.1 Å². The molecule has 0 spiro atoms. The number of fused-ring (bicyclic) bond motifs is 1. The van der Waals surface area contributed by atoms with Crippen molar-refractivity contribution in [1.82, 2.24) is 19.7 Å². The highest BCUT2D eigenvalue weighted by molar-refractivity contribution is 5.93. The van der Waals surface area contributed by atoms with Crippen molar-refractivity contribution in [2.45, 2.75) is 96.5 Å². The Morgan fingerprint density at radius 3 is 2.42 bits per heavy atom. The number of ether oxygens (including phenoxy) is 1. The molecular formula is C31H44N4O3. The van der Waals surface area contributed by atoms with Crippen LogP contribution in [0.15, 0.2) is 48.9 Å². The van der Waals surface area contributed by atoms with Gasteiger partial charge in [-0.2, -0.15) is 0 Å². The summed E-state index contributed by atoms with van der Waals surface area (Å²) >= 11 is 0. The van der Waals surface area contributed by atoms with E-state index in [9.17, 15) is 9.59 Å². The molecular weight excluding hydrogens is 476 g/mol. The number of aromatic nitrogens is 3. The maximum absolute atomic E-state index is 13.1. The number of rotatable bonds is 11. The monoisotopic (exact) mass is 520 g/mol. The number of carbonyl (C=O) groups is 2. The van der Waals surface area contributed by atoms with Crippen LogP contribution in [0.2, 0.25) is 0 Å². The normalized spacial score (nSPS) is 14.7. The molecule has 0 atom stereocenters. The van der Waals surface area contributed by atoms with Crippen LogP contribution in [0.25, 0.3) is 5.65 Å². The molecule has 0 aromatic carbocycles. The van der Waals surface area contributed by atoms with E-state index in [2.05, 4.69) is 35.2 Å². The second-order valence-corrected chi connectivity index (χ2v) is 10.5. The Kier molecular flexibility index (Phi) is 11.5. The first kappa shape index (κ1) is 29.5. The molecule has 206 valence electrons. The largest absolute Gasteiger partial charge is 0.381 e. The van der Waals surface area contributed by atoms with Crippen molar-refractivity contribution in [1.29, 1.82) is 0 Å². The number of ketones is 1. The summed E-state index contributed by atoms with van der Waals surface area (Å²) in [7, 11) is 1.80. The van der Waals surface area contributed by atoms with Gasteiger partial charge < -0.3 is 10.1 Å². The molecule has 0 saturated heterocycles. The van der Waals surface area contributed by atoms with Crippen LogP contribution in [0.5, 0.6) is 0 Å². The van der Waals surface area contributed by atoms with E-state index >= 15 is 0 Å². The number of amides is 1. The Balaban J connectivity index is 0.000000383. The topological polar surface area (TPSA) is 85.6 Å². The van der Waals surface area contributed by atoms with Crippen LogP contribution < -0.4 is 5.32 Å². The molecule has 0 unspecified atom stereocenters. The molecule has 1 aliphatic carbocycles. The van der Waals surface area contributed by atoms with E-state index in [1.165, 1.54) is 37.7 Å². The molecule has 1 N–H and O–H groups in total. The van der Waals surface area contributed by atoms with Gasteiger partial charge in [-0.05, 0) is 56.4 Å². The molecule has 1 fully saturated rings. The lowest BCUT2D eigenvalue weighted by Crippen LogP contribution is -2.42. The van der Waals surface area contributed by atoms with Crippen molar-refractivity contribution in [3.05, 3.63) is 65.9 Å². The molecule has 3 heterocycles. The molecule has 4 rings (SSSR count). The van der Waals surface area contributed by atoms with Gasteiger partial charge in [0.2, 0.25) is 0 Å². The minimum Gasteiger partial charge on any atom is -0.381 e. The van der Waals surface area contributed by atoms with Crippen molar-refractivity contribution in [3.63, 3.8) is 0 Å². The predicted molar refractivity (Wildman–Crippen MR) is 152 cm³/mol. The SMILES string of the molecule is CC(=O)Cc1cn2c(C(=O)NCC3(c4cccnc4)CCCCC3)cccc2n1.CCCC(CCC)OC. The van der Waals surface area contributed by atoms with Crippen LogP contribution in [-0.2, 0) is 21.4 Å². The molecule has 38 heavy (non-hydrogen) atoms. The fourth-order valence-corrected chi connectivity index (χ4v) is 5.42. The highest BCUT2D eigenvalue weighted by Crippen LogP contribution is 2.38. The van der Waals surface area contributed by atoms with E-state index < -0.39 is 0 Å². The van der Waals surface area contributed by atoms with Gasteiger partial charge in [0.25, 0.3) is 5.91 Å². The zero-order valence-electron chi connectivity index (χ0n) is 23.5. The van der Waals surface area contributed by atoms with E-state index in [1.54, 1.807) is 36.9 Å². The second kappa shape index (κ2) is 14.8.